The molecule has 2 rings (SSSR count). The van der Waals surface area contributed by atoms with Crippen molar-refractivity contribution in [1.82, 2.24) is 19.5 Å². The maximum atomic E-state index is 12.1. The molecule has 0 spiro atoms. The number of pyridine rings is 1. The van der Waals surface area contributed by atoms with Crippen LogP contribution in [0, 0.1) is 5.92 Å². The van der Waals surface area contributed by atoms with Gasteiger partial charge >= 0.3 is 5.69 Å². The van der Waals surface area contributed by atoms with Crippen LogP contribution < -0.4 is 16.7 Å². The topological polar surface area (TPSA) is 94.4 Å². The smallest absolute Gasteiger partial charge is 0.350 e. The van der Waals surface area contributed by atoms with Crippen LogP contribution in [0.25, 0.3) is 5.65 Å². The second-order valence-corrected chi connectivity index (χ2v) is 5.50. The summed E-state index contributed by atoms with van der Waals surface area (Å²) in [7, 11) is 0. The maximum Gasteiger partial charge on any atom is 0.350 e. The third-order valence-corrected chi connectivity index (χ3v) is 3.19. The Bertz CT molecular complexity index is 673. The van der Waals surface area contributed by atoms with Gasteiger partial charge in [-0.05, 0) is 24.5 Å². The van der Waals surface area contributed by atoms with Gasteiger partial charge in [-0.3, -0.25) is 9.20 Å². The minimum absolute atomic E-state index is 0.0785. The Hall–Kier alpha value is -2.15. The number of fused-ring (bicyclic) bond motifs is 1. The van der Waals surface area contributed by atoms with Gasteiger partial charge in [-0.25, -0.2) is 9.48 Å². The highest BCUT2D eigenvalue weighted by Crippen LogP contribution is 2.03. The van der Waals surface area contributed by atoms with Crippen molar-refractivity contribution in [2.75, 3.05) is 6.54 Å². The van der Waals surface area contributed by atoms with Gasteiger partial charge in [-0.1, -0.05) is 19.9 Å². The van der Waals surface area contributed by atoms with Crippen LogP contribution in [-0.4, -0.2) is 32.7 Å². The number of nitrogens with zero attached hydrogens (tertiary/aromatic N) is 3. The van der Waals surface area contributed by atoms with Crippen molar-refractivity contribution in [3.05, 3.63) is 34.9 Å². The van der Waals surface area contributed by atoms with Crippen LogP contribution >= 0.6 is 0 Å². The first-order valence-electron chi connectivity index (χ1n) is 7.05. The highest BCUT2D eigenvalue weighted by Gasteiger charge is 2.15. The number of hydrogen-bond donors (Lipinski definition) is 2. The highest BCUT2D eigenvalue weighted by molar-refractivity contribution is 5.76. The normalized spacial score (nSPS) is 12.8. The Morgan fingerprint density at radius 3 is 2.81 bits per heavy atom. The van der Waals surface area contributed by atoms with E-state index in [2.05, 4.69) is 24.3 Å². The van der Waals surface area contributed by atoms with Crippen LogP contribution in [0.3, 0.4) is 0 Å². The molecule has 1 unspecified atom stereocenters. The molecule has 21 heavy (non-hydrogen) atoms. The van der Waals surface area contributed by atoms with E-state index < -0.39 is 0 Å². The first-order chi connectivity index (χ1) is 10.0. The fourth-order valence-electron chi connectivity index (χ4n) is 2.26. The molecule has 0 aliphatic heterocycles. The van der Waals surface area contributed by atoms with Gasteiger partial charge in [-0.15, -0.1) is 5.10 Å². The molecule has 2 heterocycles. The van der Waals surface area contributed by atoms with Crippen LogP contribution in [0.4, 0.5) is 0 Å². The molecular formula is C14H21N5O2. The second kappa shape index (κ2) is 6.53. The highest BCUT2D eigenvalue weighted by atomic mass is 16.2. The van der Waals surface area contributed by atoms with E-state index in [1.54, 1.807) is 24.4 Å². The number of amides is 1. The fraction of sp³-hybridized carbons (Fsp3) is 0.500. The summed E-state index contributed by atoms with van der Waals surface area (Å²) in [6, 6.07) is 5.18. The van der Waals surface area contributed by atoms with Gasteiger partial charge in [0, 0.05) is 18.8 Å². The molecule has 2 aromatic rings. The molecule has 114 valence electrons. The standard InChI is InChI=1S/C14H21N5O2/c1-10(2)7-11(8-15)16-13(20)9-19-14(21)18-6-4-3-5-12(18)17-19/h3-6,10-11H,7-9,15H2,1-2H3,(H,16,20). The Labute approximate surface area is 122 Å². The van der Waals surface area contributed by atoms with Crippen molar-refractivity contribution >= 4 is 11.6 Å². The van der Waals surface area contributed by atoms with E-state index in [1.165, 1.54) is 4.40 Å². The van der Waals surface area contributed by atoms with Gasteiger partial charge in [0.2, 0.25) is 5.91 Å². The van der Waals surface area contributed by atoms with Crippen LogP contribution in [0.1, 0.15) is 20.3 Å². The van der Waals surface area contributed by atoms with Crippen LogP contribution in [-0.2, 0) is 11.3 Å². The molecule has 7 heteroatoms. The molecule has 1 atom stereocenters. The lowest BCUT2D eigenvalue weighted by atomic mass is 10.0. The van der Waals surface area contributed by atoms with Gasteiger partial charge < -0.3 is 11.1 Å². The summed E-state index contributed by atoms with van der Waals surface area (Å²) in [4.78, 5) is 24.1. The molecule has 0 saturated carbocycles. The number of nitrogens with two attached hydrogens (primary N) is 1. The number of nitrogens with one attached hydrogen (secondary N) is 1. The van der Waals surface area contributed by atoms with E-state index >= 15 is 0 Å². The number of carbonyl (C=O) groups is 1. The minimum atomic E-state index is -0.325. The molecule has 0 aliphatic rings. The van der Waals surface area contributed by atoms with Crippen molar-refractivity contribution in [2.24, 2.45) is 11.7 Å². The third-order valence-electron chi connectivity index (χ3n) is 3.19. The van der Waals surface area contributed by atoms with E-state index in [4.69, 9.17) is 5.73 Å². The van der Waals surface area contributed by atoms with Crippen LogP contribution in [0.5, 0.6) is 0 Å². The van der Waals surface area contributed by atoms with Gasteiger partial charge in [-0.2, -0.15) is 0 Å². The zero-order valence-electron chi connectivity index (χ0n) is 12.3. The first-order valence-corrected chi connectivity index (χ1v) is 7.05. The van der Waals surface area contributed by atoms with E-state index in [-0.39, 0.29) is 24.2 Å². The molecule has 0 bridgehead atoms. The average Bonchev–Trinajstić information content (AvgIpc) is 2.74. The maximum absolute atomic E-state index is 12.1. The summed E-state index contributed by atoms with van der Waals surface area (Å²) < 4.78 is 2.56. The fourth-order valence-corrected chi connectivity index (χ4v) is 2.26. The van der Waals surface area contributed by atoms with Crippen LogP contribution in [0.2, 0.25) is 0 Å². The van der Waals surface area contributed by atoms with E-state index in [1.807, 2.05) is 0 Å². The van der Waals surface area contributed by atoms with Crippen molar-refractivity contribution in [3.63, 3.8) is 0 Å². The minimum Gasteiger partial charge on any atom is -0.350 e. The molecule has 0 saturated heterocycles. The third kappa shape index (κ3) is 3.69. The molecule has 0 radical (unpaired) electrons. The number of carbonyl (C=O) groups excluding carboxylic acids is 1. The predicted molar refractivity (Wildman–Crippen MR) is 79.9 cm³/mol. The zero-order chi connectivity index (χ0) is 15.4. The summed E-state index contributed by atoms with van der Waals surface area (Å²) in [5.41, 5.74) is 5.85. The lowest BCUT2D eigenvalue weighted by Gasteiger charge is -2.18. The summed E-state index contributed by atoms with van der Waals surface area (Å²) >= 11 is 0. The summed E-state index contributed by atoms with van der Waals surface area (Å²) in [6.45, 7) is 4.42. The van der Waals surface area contributed by atoms with E-state index in [0.717, 1.165) is 11.1 Å². The van der Waals surface area contributed by atoms with Gasteiger partial charge in [0.15, 0.2) is 5.65 Å². The zero-order valence-corrected chi connectivity index (χ0v) is 12.3. The molecular weight excluding hydrogens is 270 g/mol. The number of rotatable bonds is 6. The van der Waals surface area contributed by atoms with E-state index in [0.29, 0.717) is 18.1 Å². The van der Waals surface area contributed by atoms with Gasteiger partial charge in [0.05, 0.1) is 0 Å². The number of hydrogen-bond acceptors (Lipinski definition) is 4. The quantitative estimate of drug-likeness (QED) is 0.782. The lowest BCUT2D eigenvalue weighted by molar-refractivity contribution is -0.122. The monoisotopic (exact) mass is 291 g/mol. The summed E-state index contributed by atoms with van der Waals surface area (Å²) in [6.07, 6.45) is 2.43. The predicted octanol–water partition coefficient (Wildman–Crippen LogP) is -0.0144. The second-order valence-electron chi connectivity index (χ2n) is 5.50. The van der Waals surface area contributed by atoms with Crippen molar-refractivity contribution in [2.45, 2.75) is 32.9 Å². The Morgan fingerprint density at radius 1 is 1.43 bits per heavy atom. The molecule has 2 aromatic heterocycles. The Morgan fingerprint density at radius 2 is 2.19 bits per heavy atom. The lowest BCUT2D eigenvalue weighted by Crippen LogP contribution is -2.43. The van der Waals surface area contributed by atoms with Gasteiger partial charge in [0.25, 0.3) is 0 Å². The van der Waals surface area contributed by atoms with Crippen molar-refractivity contribution < 1.29 is 4.79 Å². The van der Waals surface area contributed by atoms with Gasteiger partial charge in [0.1, 0.15) is 6.54 Å². The van der Waals surface area contributed by atoms with Crippen molar-refractivity contribution in [3.8, 4) is 0 Å². The largest absolute Gasteiger partial charge is 0.350 e. The van der Waals surface area contributed by atoms with Crippen LogP contribution in [0.15, 0.2) is 29.2 Å². The average molecular weight is 291 g/mol. The Balaban J connectivity index is 2.07. The van der Waals surface area contributed by atoms with E-state index in [9.17, 15) is 9.59 Å². The summed E-state index contributed by atoms with van der Waals surface area (Å²) in [5, 5.41) is 6.97. The Kier molecular flexibility index (Phi) is 4.74. The molecule has 0 fully saturated rings. The molecule has 1 amide bonds. The SMILES string of the molecule is CC(C)CC(CN)NC(=O)Cn1nc2ccccn2c1=O. The molecule has 0 aliphatic carbocycles. The summed E-state index contributed by atoms with van der Waals surface area (Å²) in [5.74, 6) is 0.188. The molecule has 3 N–H and O–H groups in total. The van der Waals surface area contributed by atoms with Crippen molar-refractivity contribution in [1.29, 1.82) is 0 Å². The first kappa shape index (κ1) is 15.2. The molecule has 0 aromatic carbocycles. The number of aromatic nitrogens is 3. The molecule has 7 nitrogen and oxygen atoms in total.